The van der Waals surface area contributed by atoms with Crippen molar-refractivity contribution >= 4 is 23.2 Å². The van der Waals surface area contributed by atoms with Gasteiger partial charge in [0.2, 0.25) is 0 Å². The maximum Gasteiger partial charge on any atom is 0.255 e. The Kier molecular flexibility index (Phi) is 3.31. The van der Waals surface area contributed by atoms with Crippen LogP contribution in [0.3, 0.4) is 0 Å². The third-order valence-electron chi connectivity index (χ3n) is 3.96. The van der Waals surface area contributed by atoms with Crippen LogP contribution in [0.4, 0.5) is 5.82 Å². The summed E-state index contributed by atoms with van der Waals surface area (Å²) in [5.41, 5.74) is 0.973. The monoisotopic (exact) mass is 279 g/mol. The van der Waals surface area contributed by atoms with Crippen LogP contribution in [0.25, 0.3) is 5.78 Å². The van der Waals surface area contributed by atoms with Gasteiger partial charge in [0.15, 0.2) is 0 Å². The average molecular weight is 280 g/mol. The first-order valence-corrected chi connectivity index (χ1v) is 7.19. The minimum Gasteiger partial charge on any atom is -0.356 e. The van der Waals surface area contributed by atoms with Gasteiger partial charge >= 0.3 is 0 Å². The predicted octanol–water partition coefficient (Wildman–Crippen LogP) is 2.71. The summed E-state index contributed by atoms with van der Waals surface area (Å²) in [7, 11) is 0. The van der Waals surface area contributed by atoms with Gasteiger partial charge in [-0.05, 0) is 32.6 Å². The van der Waals surface area contributed by atoms with Crippen molar-refractivity contribution in [3.8, 4) is 0 Å². The second-order valence-corrected chi connectivity index (χ2v) is 5.52. The second-order valence-electron chi connectivity index (χ2n) is 5.16. The van der Waals surface area contributed by atoms with E-state index < -0.39 is 0 Å². The van der Waals surface area contributed by atoms with Crippen molar-refractivity contribution in [1.29, 1.82) is 0 Å². The Morgan fingerprint density at radius 2 is 2.26 bits per heavy atom. The van der Waals surface area contributed by atoms with Crippen LogP contribution in [0, 0.1) is 12.8 Å². The quantitative estimate of drug-likeness (QED) is 0.808. The Bertz CT molecular complexity index is 590. The first-order valence-electron chi connectivity index (χ1n) is 6.81. The molecule has 2 aromatic heterocycles. The summed E-state index contributed by atoms with van der Waals surface area (Å²) >= 11 is 6.22. The highest BCUT2D eigenvalue weighted by atomic mass is 35.5. The maximum absolute atomic E-state index is 6.22. The number of aromatic nitrogens is 4. The fourth-order valence-electron chi connectivity index (χ4n) is 2.61. The molecule has 19 heavy (non-hydrogen) atoms. The van der Waals surface area contributed by atoms with Crippen LogP contribution in [0.15, 0.2) is 6.33 Å². The molecule has 1 fully saturated rings. The molecule has 2 aromatic rings. The van der Waals surface area contributed by atoms with Gasteiger partial charge in [0.05, 0.1) is 0 Å². The van der Waals surface area contributed by atoms with Crippen molar-refractivity contribution < 1.29 is 0 Å². The molecule has 0 bridgehead atoms. The lowest BCUT2D eigenvalue weighted by Gasteiger charge is -2.33. The molecule has 2 heterocycles. The predicted molar refractivity (Wildman–Crippen MR) is 75.8 cm³/mol. The minimum atomic E-state index is 0.516. The molecule has 1 saturated carbocycles. The van der Waals surface area contributed by atoms with E-state index in [1.165, 1.54) is 25.6 Å². The van der Waals surface area contributed by atoms with Gasteiger partial charge in [-0.25, -0.2) is 0 Å². The molecular formula is C13H18ClN5. The van der Waals surface area contributed by atoms with E-state index in [0.29, 0.717) is 10.9 Å². The average Bonchev–Trinajstić information content (AvgIpc) is 2.79. The Morgan fingerprint density at radius 3 is 2.89 bits per heavy atom. The summed E-state index contributed by atoms with van der Waals surface area (Å²) in [5, 5.41) is 4.80. The third-order valence-corrected chi connectivity index (χ3v) is 4.33. The standard InChI is InChI=1S/C13H18ClN5/c1-3-18(7-10-5-4-6-10)12-9(2)11(14)17-13-15-8-16-19(12)13/h8,10H,3-7H2,1-2H3. The summed E-state index contributed by atoms with van der Waals surface area (Å²) in [4.78, 5) is 10.7. The zero-order valence-corrected chi connectivity index (χ0v) is 12.1. The van der Waals surface area contributed by atoms with Crippen LogP contribution in [-0.4, -0.2) is 32.7 Å². The molecule has 0 aliphatic heterocycles. The molecule has 6 heteroatoms. The molecule has 0 amide bonds. The van der Waals surface area contributed by atoms with Crippen LogP contribution < -0.4 is 4.90 Å². The van der Waals surface area contributed by atoms with E-state index in [9.17, 15) is 0 Å². The molecule has 0 saturated heterocycles. The van der Waals surface area contributed by atoms with E-state index in [0.717, 1.165) is 30.4 Å². The molecule has 0 N–H and O–H groups in total. The smallest absolute Gasteiger partial charge is 0.255 e. The highest BCUT2D eigenvalue weighted by molar-refractivity contribution is 6.30. The van der Waals surface area contributed by atoms with Gasteiger partial charge in [0.25, 0.3) is 5.78 Å². The molecular weight excluding hydrogens is 262 g/mol. The van der Waals surface area contributed by atoms with E-state index in [1.807, 2.05) is 6.92 Å². The van der Waals surface area contributed by atoms with Crippen LogP contribution in [-0.2, 0) is 0 Å². The van der Waals surface area contributed by atoms with Crippen molar-refractivity contribution in [3.63, 3.8) is 0 Å². The summed E-state index contributed by atoms with van der Waals surface area (Å²) in [6.07, 6.45) is 5.54. The van der Waals surface area contributed by atoms with Crippen molar-refractivity contribution in [2.45, 2.75) is 33.1 Å². The summed E-state index contributed by atoms with van der Waals surface area (Å²) in [6, 6.07) is 0. The van der Waals surface area contributed by atoms with Gasteiger partial charge in [0.1, 0.15) is 17.3 Å². The van der Waals surface area contributed by atoms with Gasteiger partial charge in [-0.3, -0.25) is 0 Å². The molecule has 102 valence electrons. The van der Waals surface area contributed by atoms with Crippen molar-refractivity contribution in [2.24, 2.45) is 5.92 Å². The fourth-order valence-corrected chi connectivity index (χ4v) is 2.77. The van der Waals surface area contributed by atoms with Crippen molar-refractivity contribution in [2.75, 3.05) is 18.0 Å². The lowest BCUT2D eigenvalue weighted by molar-refractivity contribution is 0.317. The number of anilines is 1. The summed E-state index contributed by atoms with van der Waals surface area (Å²) in [5.74, 6) is 2.39. The van der Waals surface area contributed by atoms with Crippen molar-refractivity contribution in [1.82, 2.24) is 19.6 Å². The molecule has 0 radical (unpaired) electrons. The third kappa shape index (κ3) is 2.16. The minimum absolute atomic E-state index is 0.516. The van der Waals surface area contributed by atoms with Crippen LogP contribution in [0.5, 0.6) is 0 Å². The summed E-state index contributed by atoms with van der Waals surface area (Å²) in [6.45, 7) is 6.16. The second kappa shape index (κ2) is 4.96. The Morgan fingerprint density at radius 1 is 1.47 bits per heavy atom. The van der Waals surface area contributed by atoms with E-state index >= 15 is 0 Å². The number of rotatable bonds is 4. The first kappa shape index (κ1) is 12.7. The molecule has 1 aliphatic rings. The number of hydrogen-bond acceptors (Lipinski definition) is 4. The topological polar surface area (TPSA) is 46.3 Å². The van der Waals surface area contributed by atoms with Crippen LogP contribution >= 0.6 is 11.6 Å². The lowest BCUT2D eigenvalue weighted by atomic mass is 9.85. The largest absolute Gasteiger partial charge is 0.356 e. The highest BCUT2D eigenvalue weighted by Crippen LogP contribution is 2.31. The normalized spacial score (nSPS) is 15.7. The summed E-state index contributed by atoms with van der Waals surface area (Å²) < 4.78 is 1.80. The first-order chi connectivity index (χ1) is 9.20. The molecule has 1 aliphatic carbocycles. The van der Waals surface area contributed by atoms with Gasteiger partial charge in [-0.15, -0.1) is 0 Å². The van der Waals surface area contributed by atoms with Gasteiger partial charge < -0.3 is 4.90 Å². The number of hydrogen-bond donors (Lipinski definition) is 0. The van der Waals surface area contributed by atoms with Gasteiger partial charge in [0, 0.05) is 18.7 Å². The van der Waals surface area contributed by atoms with Gasteiger partial charge in [-0.1, -0.05) is 18.0 Å². The number of fused-ring (bicyclic) bond motifs is 1. The van der Waals surface area contributed by atoms with E-state index in [1.54, 1.807) is 4.52 Å². The lowest BCUT2D eigenvalue weighted by Crippen LogP contribution is -2.34. The molecule has 5 nitrogen and oxygen atoms in total. The zero-order chi connectivity index (χ0) is 13.4. The van der Waals surface area contributed by atoms with Crippen LogP contribution in [0.2, 0.25) is 5.15 Å². The van der Waals surface area contributed by atoms with E-state index in [4.69, 9.17) is 11.6 Å². The highest BCUT2D eigenvalue weighted by Gasteiger charge is 2.23. The van der Waals surface area contributed by atoms with Gasteiger partial charge in [-0.2, -0.15) is 19.6 Å². The van der Waals surface area contributed by atoms with E-state index in [2.05, 4.69) is 26.9 Å². The zero-order valence-electron chi connectivity index (χ0n) is 11.3. The Balaban J connectivity index is 2.04. The molecule has 0 spiro atoms. The molecule has 0 atom stereocenters. The fraction of sp³-hybridized carbons (Fsp3) is 0.615. The molecule has 0 unspecified atom stereocenters. The number of nitrogens with zero attached hydrogens (tertiary/aromatic N) is 5. The van der Waals surface area contributed by atoms with Crippen molar-refractivity contribution in [3.05, 3.63) is 17.0 Å². The molecule has 0 aromatic carbocycles. The van der Waals surface area contributed by atoms with Crippen LogP contribution in [0.1, 0.15) is 31.7 Å². The Labute approximate surface area is 117 Å². The van der Waals surface area contributed by atoms with E-state index in [-0.39, 0.29) is 0 Å². The Hall–Kier alpha value is -1.36. The SMILES string of the molecule is CCN(CC1CCC1)c1c(C)c(Cl)nc2ncnn12. The maximum atomic E-state index is 6.22. The molecule has 3 rings (SSSR count). The number of halogens is 1.